The molecule has 1 fully saturated rings. The SMILES string of the molecule is CCCOc1ccc(-c2nn(-c3ccccc3)cc2/C=C2\SC(=O)NC2=O)cc1C(C)(C)C. The molecule has 0 saturated carbocycles. The quantitative estimate of drug-likeness (QED) is 0.459. The van der Waals surface area contributed by atoms with Crippen molar-refractivity contribution >= 4 is 29.0 Å². The average Bonchev–Trinajstić information content (AvgIpc) is 3.34. The van der Waals surface area contributed by atoms with E-state index < -0.39 is 0 Å². The summed E-state index contributed by atoms with van der Waals surface area (Å²) in [6.07, 6.45) is 4.54. The molecule has 7 heteroatoms. The fourth-order valence-electron chi connectivity index (χ4n) is 3.59. The number of nitrogens with one attached hydrogen (secondary N) is 1. The van der Waals surface area contributed by atoms with E-state index in [1.807, 2.05) is 48.7 Å². The molecule has 3 aromatic rings. The third-order valence-corrected chi connectivity index (χ3v) is 6.03. The maximum Gasteiger partial charge on any atom is 0.290 e. The van der Waals surface area contributed by atoms with E-state index >= 15 is 0 Å². The van der Waals surface area contributed by atoms with Crippen LogP contribution in [0.4, 0.5) is 4.79 Å². The van der Waals surface area contributed by atoms with Crippen LogP contribution in [0.25, 0.3) is 23.0 Å². The molecule has 1 aromatic heterocycles. The predicted molar refractivity (Wildman–Crippen MR) is 133 cm³/mol. The number of para-hydroxylation sites is 1. The Bertz CT molecular complexity index is 1220. The number of thioether (sulfide) groups is 1. The topological polar surface area (TPSA) is 73.2 Å². The Morgan fingerprint density at radius 1 is 1.12 bits per heavy atom. The second-order valence-corrected chi connectivity index (χ2v) is 9.89. The lowest BCUT2D eigenvalue weighted by atomic mass is 9.85. The van der Waals surface area contributed by atoms with E-state index in [4.69, 9.17) is 9.84 Å². The molecule has 0 unspecified atom stereocenters. The van der Waals surface area contributed by atoms with E-state index in [-0.39, 0.29) is 16.6 Å². The first-order valence-electron chi connectivity index (χ1n) is 10.9. The van der Waals surface area contributed by atoms with Crippen molar-refractivity contribution in [3.8, 4) is 22.7 Å². The van der Waals surface area contributed by atoms with Crippen LogP contribution in [0.1, 0.15) is 45.2 Å². The normalized spacial score (nSPS) is 15.2. The van der Waals surface area contributed by atoms with Gasteiger partial charge in [-0.25, -0.2) is 4.68 Å². The monoisotopic (exact) mass is 461 g/mol. The van der Waals surface area contributed by atoms with E-state index in [1.165, 1.54) is 0 Å². The van der Waals surface area contributed by atoms with Crippen LogP contribution in [0.2, 0.25) is 0 Å². The second-order valence-electron chi connectivity index (χ2n) is 8.87. The summed E-state index contributed by atoms with van der Waals surface area (Å²) >= 11 is 0.901. The van der Waals surface area contributed by atoms with E-state index in [9.17, 15) is 9.59 Å². The highest BCUT2D eigenvalue weighted by atomic mass is 32.2. The number of carbonyl (C=O) groups excluding carboxylic acids is 2. The zero-order chi connectivity index (χ0) is 23.6. The molecule has 6 nitrogen and oxygen atoms in total. The van der Waals surface area contributed by atoms with Crippen molar-refractivity contribution in [1.82, 2.24) is 15.1 Å². The summed E-state index contributed by atoms with van der Waals surface area (Å²) in [5, 5.41) is 6.81. The van der Waals surface area contributed by atoms with Crippen LogP contribution >= 0.6 is 11.8 Å². The highest BCUT2D eigenvalue weighted by molar-refractivity contribution is 8.18. The number of imide groups is 1. The molecule has 2 aromatic carbocycles. The first kappa shape index (κ1) is 22.9. The highest BCUT2D eigenvalue weighted by Crippen LogP contribution is 2.37. The standard InChI is InChI=1S/C26H27N3O3S/c1-5-13-32-21-12-11-17(14-20(21)26(2,3)4)23-18(15-22-24(30)27-25(31)33-22)16-29(28-23)19-9-7-6-8-10-19/h6-12,14-16H,5,13H2,1-4H3,(H,27,30,31)/b22-15-. The number of aromatic nitrogens is 2. The number of hydrogen-bond acceptors (Lipinski definition) is 5. The van der Waals surface area contributed by atoms with Crippen molar-refractivity contribution in [1.29, 1.82) is 0 Å². The van der Waals surface area contributed by atoms with Crippen molar-refractivity contribution < 1.29 is 14.3 Å². The molecule has 0 bridgehead atoms. The van der Waals surface area contributed by atoms with Crippen LogP contribution in [-0.2, 0) is 10.2 Å². The minimum Gasteiger partial charge on any atom is -0.493 e. The smallest absolute Gasteiger partial charge is 0.290 e. The fraction of sp³-hybridized carbons (Fsp3) is 0.269. The molecule has 0 spiro atoms. The molecule has 0 radical (unpaired) electrons. The van der Waals surface area contributed by atoms with E-state index in [2.05, 4.69) is 39.1 Å². The molecule has 1 aliphatic heterocycles. The van der Waals surface area contributed by atoms with Crippen LogP contribution in [0.3, 0.4) is 0 Å². The number of hydrogen-bond donors (Lipinski definition) is 1. The van der Waals surface area contributed by atoms with Gasteiger partial charge in [0.25, 0.3) is 11.1 Å². The van der Waals surface area contributed by atoms with Gasteiger partial charge >= 0.3 is 0 Å². The van der Waals surface area contributed by atoms with Gasteiger partial charge in [-0.3, -0.25) is 14.9 Å². The molecule has 0 atom stereocenters. The maximum absolute atomic E-state index is 12.2. The van der Waals surface area contributed by atoms with Crippen molar-refractivity contribution in [2.75, 3.05) is 6.61 Å². The van der Waals surface area contributed by atoms with Crippen LogP contribution in [0.15, 0.2) is 59.6 Å². The van der Waals surface area contributed by atoms with Gasteiger partial charge in [0.1, 0.15) is 11.4 Å². The Balaban J connectivity index is 1.85. The lowest BCUT2D eigenvalue weighted by molar-refractivity contribution is -0.115. The molecule has 4 rings (SSSR count). The van der Waals surface area contributed by atoms with Crippen molar-refractivity contribution in [3.63, 3.8) is 0 Å². The Morgan fingerprint density at radius 2 is 1.88 bits per heavy atom. The van der Waals surface area contributed by atoms with Gasteiger partial charge in [0.05, 0.1) is 17.2 Å². The molecule has 1 saturated heterocycles. The Labute approximate surface area is 198 Å². The number of nitrogens with zero attached hydrogens (tertiary/aromatic N) is 2. The van der Waals surface area contributed by atoms with Crippen molar-refractivity contribution in [3.05, 3.63) is 70.8 Å². The molecule has 33 heavy (non-hydrogen) atoms. The van der Waals surface area contributed by atoms with Gasteiger partial charge in [-0.05, 0) is 60.0 Å². The zero-order valence-electron chi connectivity index (χ0n) is 19.2. The highest BCUT2D eigenvalue weighted by Gasteiger charge is 2.27. The van der Waals surface area contributed by atoms with E-state index in [0.29, 0.717) is 11.5 Å². The zero-order valence-corrected chi connectivity index (χ0v) is 20.0. The summed E-state index contributed by atoms with van der Waals surface area (Å²) in [5.41, 5.74) is 4.26. The summed E-state index contributed by atoms with van der Waals surface area (Å²) in [6.45, 7) is 9.20. The lowest BCUT2D eigenvalue weighted by Crippen LogP contribution is -2.17. The molecular formula is C26H27N3O3S. The molecule has 2 heterocycles. The van der Waals surface area contributed by atoms with Crippen LogP contribution in [0.5, 0.6) is 5.75 Å². The molecule has 2 amide bonds. The summed E-state index contributed by atoms with van der Waals surface area (Å²) in [7, 11) is 0. The maximum atomic E-state index is 12.2. The number of carbonyl (C=O) groups is 2. The fourth-order valence-corrected chi connectivity index (χ4v) is 4.27. The van der Waals surface area contributed by atoms with E-state index in [1.54, 1.807) is 10.8 Å². The minimum atomic E-state index is -0.387. The lowest BCUT2D eigenvalue weighted by Gasteiger charge is -2.23. The summed E-state index contributed by atoms with van der Waals surface area (Å²) in [4.78, 5) is 24.2. The number of amides is 2. The first-order valence-corrected chi connectivity index (χ1v) is 11.8. The summed E-state index contributed by atoms with van der Waals surface area (Å²) < 4.78 is 7.80. The van der Waals surface area contributed by atoms with Gasteiger partial charge in [-0.2, -0.15) is 5.10 Å². The van der Waals surface area contributed by atoms with Crippen molar-refractivity contribution in [2.24, 2.45) is 0 Å². The Kier molecular flexibility index (Phi) is 6.42. The van der Waals surface area contributed by atoms with Crippen LogP contribution in [0, 0.1) is 0 Å². The number of benzene rings is 2. The van der Waals surface area contributed by atoms with E-state index in [0.717, 1.165) is 52.0 Å². The molecule has 1 N–H and O–H groups in total. The second kappa shape index (κ2) is 9.27. The van der Waals surface area contributed by atoms with Gasteiger partial charge in [0.15, 0.2) is 0 Å². The van der Waals surface area contributed by atoms with Crippen molar-refractivity contribution in [2.45, 2.75) is 39.5 Å². The van der Waals surface area contributed by atoms with Gasteiger partial charge < -0.3 is 4.74 Å². The Morgan fingerprint density at radius 3 is 2.52 bits per heavy atom. The van der Waals surface area contributed by atoms with Gasteiger partial charge in [-0.15, -0.1) is 0 Å². The van der Waals surface area contributed by atoms with Crippen LogP contribution in [-0.4, -0.2) is 27.5 Å². The molecule has 1 aliphatic rings. The summed E-state index contributed by atoms with van der Waals surface area (Å²) in [6, 6.07) is 15.9. The molecule has 0 aliphatic carbocycles. The first-order chi connectivity index (χ1) is 15.8. The van der Waals surface area contributed by atoms with Crippen LogP contribution < -0.4 is 10.1 Å². The largest absolute Gasteiger partial charge is 0.493 e. The Hall–Kier alpha value is -3.32. The summed E-state index contributed by atoms with van der Waals surface area (Å²) in [5.74, 6) is 0.480. The average molecular weight is 462 g/mol. The molecular weight excluding hydrogens is 434 g/mol. The minimum absolute atomic E-state index is 0.132. The van der Waals surface area contributed by atoms with Gasteiger partial charge in [0.2, 0.25) is 0 Å². The third kappa shape index (κ3) is 5.03. The van der Waals surface area contributed by atoms with Gasteiger partial charge in [0, 0.05) is 22.9 Å². The third-order valence-electron chi connectivity index (χ3n) is 5.21. The predicted octanol–water partition coefficient (Wildman–Crippen LogP) is 5.95. The number of ether oxygens (including phenoxy) is 1. The van der Waals surface area contributed by atoms with Gasteiger partial charge in [-0.1, -0.05) is 45.9 Å². The molecule has 170 valence electrons. The number of rotatable bonds is 6.